The number of nitrogens with zero attached hydrogens (tertiary/aromatic N) is 1. The Morgan fingerprint density at radius 1 is 1.15 bits per heavy atom. The molecule has 0 spiro atoms. The second-order valence-corrected chi connectivity index (χ2v) is 5.98. The maximum Gasteiger partial charge on any atom is 0.352 e. The summed E-state index contributed by atoms with van der Waals surface area (Å²) in [7, 11) is 1.74. The third-order valence-electron chi connectivity index (χ3n) is 2.96. The molecule has 4 nitrogen and oxygen atoms in total. The number of carboxylic acid groups (broad SMARTS) is 1. The number of carboxylic acids is 1. The Bertz CT molecular complexity index is 619. The molecule has 0 aliphatic heterocycles. The highest BCUT2D eigenvalue weighted by Crippen LogP contribution is 2.24. The van der Waals surface area contributed by atoms with Gasteiger partial charge in [0, 0.05) is 30.0 Å². The summed E-state index contributed by atoms with van der Waals surface area (Å²) < 4.78 is 1.62. The molecule has 0 aliphatic rings. The maximum absolute atomic E-state index is 11.0. The van der Waals surface area contributed by atoms with Gasteiger partial charge in [-0.05, 0) is 44.5 Å². The van der Waals surface area contributed by atoms with Crippen LogP contribution in [0.2, 0.25) is 0 Å². The van der Waals surface area contributed by atoms with Gasteiger partial charge in [-0.3, -0.25) is 0 Å². The SMILES string of the molecule is Cn1cc(-c2ccc(NC(C)(C)C)cc2)cc1C(=O)O. The molecule has 1 aromatic carbocycles. The average molecular weight is 272 g/mol. The van der Waals surface area contributed by atoms with Gasteiger partial charge in [0.1, 0.15) is 5.69 Å². The van der Waals surface area contributed by atoms with Gasteiger partial charge in [-0.2, -0.15) is 0 Å². The van der Waals surface area contributed by atoms with Crippen molar-refractivity contribution in [3.63, 3.8) is 0 Å². The van der Waals surface area contributed by atoms with Gasteiger partial charge >= 0.3 is 5.97 Å². The number of hydrogen-bond donors (Lipinski definition) is 2. The molecular formula is C16H20N2O2. The van der Waals surface area contributed by atoms with Crippen molar-refractivity contribution >= 4 is 11.7 Å². The van der Waals surface area contributed by atoms with E-state index in [0.29, 0.717) is 0 Å². The van der Waals surface area contributed by atoms with Gasteiger partial charge in [-0.25, -0.2) is 4.79 Å². The predicted molar refractivity (Wildman–Crippen MR) is 81.2 cm³/mol. The summed E-state index contributed by atoms with van der Waals surface area (Å²) in [6.45, 7) is 6.33. The van der Waals surface area contributed by atoms with E-state index in [1.54, 1.807) is 17.7 Å². The van der Waals surface area contributed by atoms with Crippen molar-refractivity contribution in [2.45, 2.75) is 26.3 Å². The largest absolute Gasteiger partial charge is 0.477 e. The zero-order chi connectivity index (χ0) is 14.9. The first-order valence-corrected chi connectivity index (χ1v) is 6.54. The Kier molecular flexibility index (Phi) is 3.57. The van der Waals surface area contributed by atoms with Gasteiger partial charge < -0.3 is 15.0 Å². The molecule has 0 aliphatic carbocycles. The normalized spacial score (nSPS) is 11.4. The molecular weight excluding hydrogens is 252 g/mol. The lowest BCUT2D eigenvalue weighted by atomic mass is 10.1. The molecule has 0 radical (unpaired) electrons. The fourth-order valence-electron chi connectivity index (χ4n) is 2.11. The smallest absolute Gasteiger partial charge is 0.352 e. The Morgan fingerprint density at radius 2 is 1.75 bits per heavy atom. The number of aromatic nitrogens is 1. The Balaban J connectivity index is 2.26. The van der Waals surface area contributed by atoms with E-state index in [9.17, 15) is 4.79 Å². The van der Waals surface area contributed by atoms with Crippen LogP contribution in [0.3, 0.4) is 0 Å². The fourth-order valence-corrected chi connectivity index (χ4v) is 2.11. The first-order valence-electron chi connectivity index (χ1n) is 6.54. The number of aromatic carboxylic acids is 1. The molecule has 4 heteroatoms. The van der Waals surface area contributed by atoms with Gasteiger partial charge in [0.05, 0.1) is 0 Å². The van der Waals surface area contributed by atoms with Crippen LogP contribution in [0, 0.1) is 0 Å². The van der Waals surface area contributed by atoms with Crippen LogP contribution in [-0.4, -0.2) is 21.2 Å². The minimum absolute atomic E-state index is 0.0186. The Hall–Kier alpha value is -2.23. The zero-order valence-corrected chi connectivity index (χ0v) is 12.3. The van der Waals surface area contributed by atoms with Crippen molar-refractivity contribution in [2.24, 2.45) is 7.05 Å². The number of anilines is 1. The quantitative estimate of drug-likeness (QED) is 0.897. The average Bonchev–Trinajstić information content (AvgIpc) is 2.70. The lowest BCUT2D eigenvalue weighted by Gasteiger charge is -2.22. The Morgan fingerprint density at radius 3 is 2.20 bits per heavy atom. The van der Waals surface area contributed by atoms with Crippen molar-refractivity contribution in [1.82, 2.24) is 4.57 Å². The van der Waals surface area contributed by atoms with Crippen molar-refractivity contribution in [3.05, 3.63) is 42.2 Å². The van der Waals surface area contributed by atoms with E-state index < -0.39 is 5.97 Å². The predicted octanol–water partition coefficient (Wildman–Crippen LogP) is 3.60. The van der Waals surface area contributed by atoms with Crippen LogP contribution in [0.4, 0.5) is 5.69 Å². The molecule has 2 aromatic rings. The van der Waals surface area contributed by atoms with Crippen molar-refractivity contribution in [3.8, 4) is 11.1 Å². The molecule has 2 rings (SSSR count). The van der Waals surface area contributed by atoms with Gasteiger partial charge in [0.25, 0.3) is 0 Å². The van der Waals surface area contributed by atoms with Crippen LogP contribution in [0.5, 0.6) is 0 Å². The molecule has 1 heterocycles. The lowest BCUT2D eigenvalue weighted by molar-refractivity contribution is 0.0686. The molecule has 0 unspecified atom stereocenters. The number of aryl methyl sites for hydroxylation is 1. The summed E-state index contributed by atoms with van der Waals surface area (Å²) in [5.74, 6) is -0.912. The van der Waals surface area contributed by atoms with E-state index in [1.165, 1.54) is 0 Å². The summed E-state index contributed by atoms with van der Waals surface area (Å²) in [5.41, 5.74) is 3.28. The number of nitrogens with one attached hydrogen (secondary N) is 1. The fraction of sp³-hybridized carbons (Fsp3) is 0.312. The molecule has 0 fully saturated rings. The minimum atomic E-state index is -0.912. The number of hydrogen-bond acceptors (Lipinski definition) is 2. The number of benzene rings is 1. The molecule has 20 heavy (non-hydrogen) atoms. The molecule has 0 saturated heterocycles. The molecule has 0 amide bonds. The van der Waals surface area contributed by atoms with Crippen LogP contribution in [0.15, 0.2) is 36.5 Å². The van der Waals surface area contributed by atoms with Gasteiger partial charge in [-0.1, -0.05) is 12.1 Å². The van der Waals surface area contributed by atoms with E-state index in [4.69, 9.17) is 5.11 Å². The van der Waals surface area contributed by atoms with E-state index in [0.717, 1.165) is 16.8 Å². The molecule has 0 saturated carbocycles. The minimum Gasteiger partial charge on any atom is -0.477 e. The highest BCUT2D eigenvalue weighted by molar-refractivity contribution is 5.88. The first-order chi connectivity index (χ1) is 9.26. The second-order valence-electron chi connectivity index (χ2n) is 5.98. The van der Waals surface area contributed by atoms with Crippen LogP contribution in [0.25, 0.3) is 11.1 Å². The van der Waals surface area contributed by atoms with E-state index in [1.807, 2.05) is 30.5 Å². The Labute approximate surface area is 119 Å². The second kappa shape index (κ2) is 5.04. The maximum atomic E-state index is 11.0. The summed E-state index contributed by atoms with van der Waals surface area (Å²) in [6.07, 6.45) is 1.83. The van der Waals surface area contributed by atoms with Crippen molar-refractivity contribution in [1.29, 1.82) is 0 Å². The number of carbonyl (C=O) groups is 1. The topological polar surface area (TPSA) is 54.3 Å². The van der Waals surface area contributed by atoms with Crippen molar-refractivity contribution in [2.75, 3.05) is 5.32 Å². The first kappa shape index (κ1) is 14.2. The highest BCUT2D eigenvalue weighted by atomic mass is 16.4. The zero-order valence-electron chi connectivity index (χ0n) is 12.3. The van der Waals surface area contributed by atoms with E-state index >= 15 is 0 Å². The molecule has 0 atom stereocenters. The monoisotopic (exact) mass is 272 g/mol. The molecule has 0 bridgehead atoms. The highest BCUT2D eigenvalue weighted by Gasteiger charge is 2.12. The molecule has 106 valence electrons. The summed E-state index contributed by atoms with van der Waals surface area (Å²) in [5, 5.41) is 12.5. The van der Waals surface area contributed by atoms with Gasteiger partial charge in [0.2, 0.25) is 0 Å². The summed E-state index contributed by atoms with van der Waals surface area (Å²) >= 11 is 0. The van der Waals surface area contributed by atoms with Crippen LogP contribution >= 0.6 is 0 Å². The third-order valence-corrected chi connectivity index (χ3v) is 2.96. The van der Waals surface area contributed by atoms with Gasteiger partial charge in [0.15, 0.2) is 0 Å². The van der Waals surface area contributed by atoms with Crippen LogP contribution in [0.1, 0.15) is 31.3 Å². The molecule has 2 N–H and O–H groups in total. The van der Waals surface area contributed by atoms with Gasteiger partial charge in [-0.15, -0.1) is 0 Å². The van der Waals surface area contributed by atoms with Crippen molar-refractivity contribution < 1.29 is 9.90 Å². The van der Waals surface area contributed by atoms with Crippen LogP contribution in [-0.2, 0) is 7.05 Å². The number of rotatable bonds is 3. The molecule has 1 aromatic heterocycles. The van der Waals surface area contributed by atoms with Crippen LogP contribution < -0.4 is 5.32 Å². The lowest BCUT2D eigenvalue weighted by Crippen LogP contribution is -2.25. The summed E-state index contributed by atoms with van der Waals surface area (Å²) in [6, 6.07) is 9.70. The van der Waals surface area contributed by atoms with E-state index in [2.05, 4.69) is 26.1 Å². The standard InChI is InChI=1S/C16H20N2O2/c1-16(2,3)17-13-7-5-11(6-8-13)12-9-14(15(19)20)18(4)10-12/h5-10,17H,1-4H3,(H,19,20). The summed E-state index contributed by atoms with van der Waals surface area (Å²) in [4.78, 5) is 11.0. The van der Waals surface area contributed by atoms with E-state index in [-0.39, 0.29) is 11.2 Å². The third kappa shape index (κ3) is 3.20.